The van der Waals surface area contributed by atoms with Crippen molar-refractivity contribution in [3.63, 3.8) is 0 Å². The minimum Gasteiger partial charge on any atom is -0.379 e. The topological polar surface area (TPSA) is 57.7 Å². The van der Waals surface area contributed by atoms with Crippen LogP contribution in [0.5, 0.6) is 0 Å². The highest BCUT2D eigenvalue weighted by Crippen LogP contribution is 2.20. The summed E-state index contributed by atoms with van der Waals surface area (Å²) in [6.45, 7) is 6.76. The zero-order chi connectivity index (χ0) is 18.5. The number of morpholine rings is 1. The van der Waals surface area contributed by atoms with E-state index >= 15 is 0 Å². The van der Waals surface area contributed by atoms with Gasteiger partial charge in [-0.25, -0.2) is 4.98 Å². The molecular formula is C21H26N4O2. The molecule has 1 fully saturated rings. The first-order valence-electron chi connectivity index (χ1n) is 9.66. The van der Waals surface area contributed by atoms with Gasteiger partial charge in [0.05, 0.1) is 13.2 Å². The fraction of sp³-hybridized carbons (Fsp3) is 0.429. The van der Waals surface area contributed by atoms with E-state index < -0.39 is 0 Å². The minimum absolute atomic E-state index is 0.0723. The van der Waals surface area contributed by atoms with Gasteiger partial charge >= 0.3 is 0 Å². The van der Waals surface area contributed by atoms with Crippen LogP contribution in [0.2, 0.25) is 0 Å². The van der Waals surface area contributed by atoms with Gasteiger partial charge in [-0.05, 0) is 29.7 Å². The molecular weight excluding hydrogens is 340 g/mol. The third-order valence-electron chi connectivity index (χ3n) is 5.26. The number of rotatable bonds is 5. The van der Waals surface area contributed by atoms with Gasteiger partial charge in [-0.2, -0.15) is 0 Å². The lowest BCUT2D eigenvalue weighted by Gasteiger charge is -2.29. The Bertz CT molecular complexity index is 789. The summed E-state index contributed by atoms with van der Waals surface area (Å²) in [5.41, 5.74) is 3.29. The number of benzene rings is 1. The lowest BCUT2D eigenvalue weighted by atomic mass is 9.99. The van der Waals surface area contributed by atoms with Gasteiger partial charge in [0.2, 0.25) is 0 Å². The van der Waals surface area contributed by atoms with Crippen LogP contribution in [0.25, 0.3) is 0 Å². The van der Waals surface area contributed by atoms with Crippen molar-refractivity contribution in [3.8, 4) is 0 Å². The number of nitrogens with one attached hydrogen (secondary N) is 1. The monoisotopic (exact) mass is 366 g/mol. The molecule has 6 nitrogen and oxygen atoms in total. The van der Waals surface area contributed by atoms with Crippen LogP contribution in [-0.2, 0) is 17.7 Å². The van der Waals surface area contributed by atoms with Gasteiger partial charge in [0, 0.05) is 51.0 Å². The normalized spacial score (nSPS) is 17.4. The van der Waals surface area contributed by atoms with Gasteiger partial charge in [0.1, 0.15) is 5.82 Å². The summed E-state index contributed by atoms with van der Waals surface area (Å²) < 4.78 is 5.37. The number of aromatic nitrogens is 1. The van der Waals surface area contributed by atoms with Gasteiger partial charge in [-0.3, -0.25) is 9.69 Å². The molecule has 142 valence electrons. The summed E-state index contributed by atoms with van der Waals surface area (Å²) in [5.74, 6) is 0.828. The molecule has 0 unspecified atom stereocenters. The van der Waals surface area contributed by atoms with Crippen LogP contribution in [0.1, 0.15) is 21.5 Å². The lowest BCUT2D eigenvalue weighted by Crippen LogP contribution is -2.39. The van der Waals surface area contributed by atoms with E-state index in [4.69, 9.17) is 4.74 Å². The van der Waals surface area contributed by atoms with Gasteiger partial charge in [0.15, 0.2) is 0 Å². The van der Waals surface area contributed by atoms with Crippen LogP contribution >= 0.6 is 0 Å². The predicted molar refractivity (Wildman–Crippen MR) is 105 cm³/mol. The Balaban J connectivity index is 1.35. The molecule has 1 amide bonds. The Morgan fingerprint density at radius 2 is 1.93 bits per heavy atom. The molecule has 1 saturated heterocycles. The first kappa shape index (κ1) is 17.9. The third kappa shape index (κ3) is 4.46. The molecule has 3 heterocycles. The maximum Gasteiger partial charge on any atom is 0.254 e. The third-order valence-corrected chi connectivity index (χ3v) is 5.26. The summed E-state index contributed by atoms with van der Waals surface area (Å²) in [6, 6.07) is 12.0. The average molecular weight is 366 g/mol. The Hall–Kier alpha value is -2.44. The van der Waals surface area contributed by atoms with E-state index in [-0.39, 0.29) is 5.91 Å². The van der Waals surface area contributed by atoms with Crippen LogP contribution < -0.4 is 5.32 Å². The molecule has 27 heavy (non-hydrogen) atoms. The molecule has 4 rings (SSSR count). The number of hydrogen-bond donors (Lipinski definition) is 1. The van der Waals surface area contributed by atoms with E-state index in [0.29, 0.717) is 12.1 Å². The molecule has 6 heteroatoms. The molecule has 2 aliphatic heterocycles. The van der Waals surface area contributed by atoms with E-state index in [1.54, 1.807) is 12.3 Å². The Kier molecular flexibility index (Phi) is 5.65. The number of pyridine rings is 1. The molecule has 0 bridgehead atoms. The second kappa shape index (κ2) is 8.50. The first-order chi connectivity index (χ1) is 13.3. The van der Waals surface area contributed by atoms with Crippen molar-refractivity contribution < 1.29 is 9.53 Å². The molecule has 0 aliphatic carbocycles. The molecule has 0 spiro atoms. The van der Waals surface area contributed by atoms with Crippen LogP contribution in [0.15, 0.2) is 42.6 Å². The quantitative estimate of drug-likeness (QED) is 0.877. The molecule has 2 aromatic rings. The second-order valence-electron chi connectivity index (χ2n) is 7.06. The summed E-state index contributed by atoms with van der Waals surface area (Å²) in [6.07, 6.45) is 2.62. The lowest BCUT2D eigenvalue weighted by molar-refractivity contribution is 0.0398. The minimum atomic E-state index is 0.0723. The van der Waals surface area contributed by atoms with Crippen LogP contribution in [0.4, 0.5) is 5.82 Å². The number of ether oxygens (including phenoxy) is 1. The van der Waals surface area contributed by atoms with Gasteiger partial charge < -0.3 is 15.0 Å². The molecule has 1 N–H and O–H groups in total. The Morgan fingerprint density at radius 3 is 2.78 bits per heavy atom. The molecule has 0 atom stereocenters. The Labute approximate surface area is 160 Å². The molecule has 1 aromatic carbocycles. The van der Waals surface area contributed by atoms with Crippen LogP contribution in [0.3, 0.4) is 0 Å². The van der Waals surface area contributed by atoms with E-state index in [9.17, 15) is 4.79 Å². The highest BCUT2D eigenvalue weighted by Gasteiger charge is 2.21. The highest BCUT2D eigenvalue weighted by molar-refractivity contribution is 5.95. The number of amides is 1. The van der Waals surface area contributed by atoms with Crippen molar-refractivity contribution in [3.05, 3.63) is 59.3 Å². The standard InChI is InChI=1S/C21H26N4O2/c26-21(25-9-6-17-3-1-2-4-19(17)16-25)18-5-7-22-20(15-18)23-8-10-24-11-13-27-14-12-24/h1-5,7,15H,6,8-14,16H2,(H,22,23). The van der Waals surface area contributed by atoms with Crippen LogP contribution in [-0.4, -0.2) is 66.6 Å². The second-order valence-corrected chi connectivity index (χ2v) is 7.06. The molecule has 2 aliphatic rings. The molecule has 0 saturated carbocycles. The Morgan fingerprint density at radius 1 is 1.11 bits per heavy atom. The molecule has 1 aromatic heterocycles. The summed E-state index contributed by atoms with van der Waals surface area (Å²) in [7, 11) is 0. The van der Waals surface area contributed by atoms with Crippen molar-refractivity contribution in [1.82, 2.24) is 14.8 Å². The number of carbonyl (C=O) groups excluding carboxylic acids is 1. The van der Waals surface area contributed by atoms with Crippen molar-refractivity contribution in [2.75, 3.05) is 51.3 Å². The fourth-order valence-electron chi connectivity index (χ4n) is 3.68. The summed E-state index contributed by atoms with van der Waals surface area (Å²) in [5, 5.41) is 3.34. The number of carbonyl (C=O) groups is 1. The van der Waals surface area contributed by atoms with Gasteiger partial charge in [0.25, 0.3) is 5.91 Å². The SMILES string of the molecule is O=C(c1ccnc(NCCN2CCOCC2)c1)N1CCc2ccccc2C1. The van der Waals surface area contributed by atoms with Crippen molar-refractivity contribution in [1.29, 1.82) is 0 Å². The smallest absolute Gasteiger partial charge is 0.254 e. The highest BCUT2D eigenvalue weighted by atomic mass is 16.5. The van der Waals surface area contributed by atoms with E-state index in [2.05, 4.69) is 33.4 Å². The number of anilines is 1. The maximum absolute atomic E-state index is 12.9. The zero-order valence-electron chi connectivity index (χ0n) is 15.6. The van der Waals surface area contributed by atoms with Gasteiger partial charge in [-0.1, -0.05) is 24.3 Å². The predicted octanol–water partition coefficient (Wildman–Crippen LogP) is 2.02. The number of hydrogen-bond acceptors (Lipinski definition) is 5. The van der Waals surface area contributed by atoms with Crippen molar-refractivity contribution in [2.24, 2.45) is 0 Å². The largest absolute Gasteiger partial charge is 0.379 e. The average Bonchev–Trinajstić information content (AvgIpc) is 2.74. The summed E-state index contributed by atoms with van der Waals surface area (Å²) >= 11 is 0. The molecule has 0 radical (unpaired) electrons. The van der Waals surface area contributed by atoms with E-state index in [0.717, 1.165) is 58.2 Å². The fourth-order valence-corrected chi connectivity index (χ4v) is 3.68. The zero-order valence-corrected chi connectivity index (χ0v) is 15.6. The first-order valence-corrected chi connectivity index (χ1v) is 9.66. The van der Waals surface area contributed by atoms with Crippen molar-refractivity contribution >= 4 is 11.7 Å². The van der Waals surface area contributed by atoms with E-state index in [1.165, 1.54) is 11.1 Å². The van der Waals surface area contributed by atoms with Gasteiger partial charge in [-0.15, -0.1) is 0 Å². The maximum atomic E-state index is 12.9. The van der Waals surface area contributed by atoms with Crippen molar-refractivity contribution in [2.45, 2.75) is 13.0 Å². The number of nitrogens with zero attached hydrogens (tertiary/aromatic N) is 3. The van der Waals surface area contributed by atoms with Crippen LogP contribution in [0, 0.1) is 0 Å². The number of fused-ring (bicyclic) bond motifs is 1. The van der Waals surface area contributed by atoms with E-state index in [1.807, 2.05) is 17.0 Å². The summed E-state index contributed by atoms with van der Waals surface area (Å²) in [4.78, 5) is 21.6.